The van der Waals surface area contributed by atoms with Crippen molar-refractivity contribution in [2.45, 2.75) is 12.5 Å². The second-order valence-electron chi connectivity index (χ2n) is 4.22. The van der Waals surface area contributed by atoms with Crippen LogP contribution in [0.1, 0.15) is 17.3 Å². The first-order valence-electron chi connectivity index (χ1n) is 5.84. The van der Waals surface area contributed by atoms with Crippen molar-refractivity contribution in [3.63, 3.8) is 0 Å². The highest BCUT2D eigenvalue weighted by Gasteiger charge is 2.38. The van der Waals surface area contributed by atoms with Crippen molar-refractivity contribution in [1.29, 1.82) is 0 Å². The third-order valence-electron chi connectivity index (χ3n) is 3.08. The van der Waals surface area contributed by atoms with E-state index in [0.717, 1.165) is 5.69 Å². The van der Waals surface area contributed by atoms with Gasteiger partial charge in [-0.1, -0.05) is 12.7 Å². The van der Waals surface area contributed by atoms with Gasteiger partial charge in [-0.15, -0.1) is 0 Å². The number of aliphatic carboxylic acids is 1. The van der Waals surface area contributed by atoms with Crippen molar-refractivity contribution in [2.24, 2.45) is 7.05 Å². The van der Waals surface area contributed by atoms with Crippen LogP contribution in [0.2, 0.25) is 0 Å². The van der Waals surface area contributed by atoms with Gasteiger partial charge in [0, 0.05) is 31.3 Å². The SMILES string of the molecule is C=CCOC(=O)N1CCc2c(cnn2C)C1C(=O)O. The molecule has 1 N–H and O–H groups in total. The van der Waals surface area contributed by atoms with Gasteiger partial charge in [-0.3, -0.25) is 9.58 Å². The second-order valence-corrected chi connectivity index (χ2v) is 4.22. The van der Waals surface area contributed by atoms with Crippen LogP contribution in [-0.2, 0) is 23.0 Å². The molecule has 7 nitrogen and oxygen atoms in total. The number of carbonyl (C=O) groups is 2. The summed E-state index contributed by atoms with van der Waals surface area (Å²) in [7, 11) is 1.75. The maximum Gasteiger partial charge on any atom is 0.411 e. The Morgan fingerprint density at radius 3 is 3.05 bits per heavy atom. The third-order valence-corrected chi connectivity index (χ3v) is 3.08. The number of aryl methyl sites for hydroxylation is 1. The van der Waals surface area contributed by atoms with Gasteiger partial charge in [0.25, 0.3) is 0 Å². The van der Waals surface area contributed by atoms with Crippen LogP contribution in [0.15, 0.2) is 18.9 Å². The molecule has 102 valence electrons. The van der Waals surface area contributed by atoms with Crippen molar-refractivity contribution in [1.82, 2.24) is 14.7 Å². The molecule has 0 fully saturated rings. The molecule has 1 amide bonds. The summed E-state index contributed by atoms with van der Waals surface area (Å²) < 4.78 is 6.55. The molecular weight excluding hydrogens is 250 g/mol. The third kappa shape index (κ3) is 2.31. The van der Waals surface area contributed by atoms with Crippen LogP contribution in [0.3, 0.4) is 0 Å². The molecule has 2 rings (SSSR count). The summed E-state index contributed by atoms with van der Waals surface area (Å²) in [6, 6.07) is -1.05. The number of nitrogens with zero attached hydrogens (tertiary/aromatic N) is 3. The summed E-state index contributed by atoms with van der Waals surface area (Å²) in [4.78, 5) is 24.5. The Balaban J connectivity index is 2.29. The number of hydrogen-bond donors (Lipinski definition) is 1. The molecule has 1 aliphatic rings. The molecule has 0 saturated heterocycles. The number of hydrogen-bond acceptors (Lipinski definition) is 4. The molecule has 7 heteroatoms. The molecule has 1 aromatic rings. The van der Waals surface area contributed by atoms with Gasteiger partial charge in [0.2, 0.25) is 0 Å². The van der Waals surface area contributed by atoms with E-state index in [4.69, 9.17) is 4.74 Å². The fourth-order valence-electron chi connectivity index (χ4n) is 2.21. The summed E-state index contributed by atoms with van der Waals surface area (Å²) in [5.74, 6) is -1.09. The van der Waals surface area contributed by atoms with Gasteiger partial charge in [-0.25, -0.2) is 9.59 Å². The summed E-state index contributed by atoms with van der Waals surface area (Å²) >= 11 is 0. The van der Waals surface area contributed by atoms with E-state index in [2.05, 4.69) is 11.7 Å². The molecule has 0 aromatic carbocycles. The van der Waals surface area contributed by atoms with E-state index in [-0.39, 0.29) is 6.61 Å². The minimum absolute atomic E-state index is 0.0571. The standard InChI is InChI=1S/C12H15N3O4/c1-3-6-19-12(18)15-5-4-9-8(7-13-14(9)2)10(15)11(16)17/h3,7,10H,1,4-6H2,2H3,(H,16,17). The number of carboxylic acid groups (broad SMARTS) is 1. The van der Waals surface area contributed by atoms with Crippen LogP contribution >= 0.6 is 0 Å². The van der Waals surface area contributed by atoms with Gasteiger partial charge in [0.15, 0.2) is 6.04 Å². The molecule has 0 saturated carbocycles. The second kappa shape index (κ2) is 5.13. The zero-order valence-corrected chi connectivity index (χ0v) is 10.6. The summed E-state index contributed by atoms with van der Waals surface area (Å²) in [6.07, 6.45) is 2.83. The highest BCUT2D eigenvalue weighted by molar-refractivity contribution is 5.82. The van der Waals surface area contributed by atoms with Crippen LogP contribution in [0.4, 0.5) is 4.79 Å². The van der Waals surface area contributed by atoms with Crippen molar-refractivity contribution >= 4 is 12.1 Å². The fraction of sp³-hybridized carbons (Fsp3) is 0.417. The maximum atomic E-state index is 11.9. The van der Waals surface area contributed by atoms with Crippen LogP contribution in [0.5, 0.6) is 0 Å². The first-order chi connectivity index (χ1) is 9.06. The van der Waals surface area contributed by atoms with Gasteiger partial charge < -0.3 is 9.84 Å². The lowest BCUT2D eigenvalue weighted by Crippen LogP contribution is -2.43. The Morgan fingerprint density at radius 1 is 1.68 bits per heavy atom. The molecule has 0 bridgehead atoms. The normalized spacial score (nSPS) is 17.7. The van der Waals surface area contributed by atoms with E-state index in [0.29, 0.717) is 18.5 Å². The van der Waals surface area contributed by atoms with E-state index >= 15 is 0 Å². The molecule has 2 heterocycles. The quantitative estimate of drug-likeness (QED) is 0.814. The summed E-state index contributed by atoms with van der Waals surface area (Å²) in [6.45, 7) is 3.79. The average molecular weight is 265 g/mol. The smallest absolute Gasteiger partial charge is 0.411 e. The van der Waals surface area contributed by atoms with Gasteiger partial charge in [0.05, 0.1) is 6.20 Å². The van der Waals surface area contributed by atoms with E-state index in [9.17, 15) is 14.7 Å². The molecule has 0 radical (unpaired) electrons. The van der Waals surface area contributed by atoms with E-state index in [1.54, 1.807) is 11.7 Å². The van der Waals surface area contributed by atoms with Crippen molar-refractivity contribution in [2.75, 3.05) is 13.2 Å². The molecule has 0 aliphatic carbocycles. The van der Waals surface area contributed by atoms with E-state index < -0.39 is 18.1 Å². The number of fused-ring (bicyclic) bond motifs is 1. The number of amides is 1. The predicted octanol–water partition coefficient (Wildman–Crippen LogP) is 0.727. The molecule has 1 unspecified atom stereocenters. The number of carboxylic acids is 1. The predicted molar refractivity (Wildman–Crippen MR) is 65.5 cm³/mol. The van der Waals surface area contributed by atoms with E-state index in [1.165, 1.54) is 17.2 Å². The number of ether oxygens (including phenoxy) is 1. The van der Waals surface area contributed by atoms with Crippen LogP contribution in [0, 0.1) is 0 Å². The lowest BCUT2D eigenvalue weighted by molar-refractivity contribution is -0.143. The molecule has 1 aliphatic heterocycles. The minimum atomic E-state index is -1.09. The number of carbonyl (C=O) groups excluding carboxylic acids is 1. The zero-order chi connectivity index (χ0) is 14.0. The van der Waals surface area contributed by atoms with Crippen LogP contribution in [0.25, 0.3) is 0 Å². The molecule has 1 atom stereocenters. The van der Waals surface area contributed by atoms with Gasteiger partial charge >= 0.3 is 12.1 Å². The first-order valence-corrected chi connectivity index (χ1v) is 5.84. The lowest BCUT2D eigenvalue weighted by atomic mass is 10.00. The monoisotopic (exact) mass is 265 g/mol. The Hall–Kier alpha value is -2.31. The number of rotatable bonds is 3. The Kier molecular flexibility index (Phi) is 3.55. The summed E-state index contributed by atoms with van der Waals surface area (Å²) in [5.41, 5.74) is 1.37. The maximum absolute atomic E-state index is 11.9. The zero-order valence-electron chi connectivity index (χ0n) is 10.6. The molecule has 19 heavy (non-hydrogen) atoms. The van der Waals surface area contributed by atoms with Crippen molar-refractivity contribution < 1.29 is 19.4 Å². The Morgan fingerprint density at radius 2 is 2.42 bits per heavy atom. The topological polar surface area (TPSA) is 84.7 Å². The summed E-state index contributed by atoms with van der Waals surface area (Å²) in [5, 5.41) is 13.4. The van der Waals surface area contributed by atoms with Gasteiger partial charge in [-0.05, 0) is 0 Å². The van der Waals surface area contributed by atoms with Crippen molar-refractivity contribution in [3.8, 4) is 0 Å². The lowest BCUT2D eigenvalue weighted by Gasteiger charge is -2.32. The molecule has 1 aromatic heterocycles. The molecular formula is C12H15N3O4. The molecule has 0 spiro atoms. The highest BCUT2D eigenvalue weighted by Crippen LogP contribution is 2.30. The van der Waals surface area contributed by atoms with Gasteiger partial charge in [0.1, 0.15) is 6.61 Å². The first kappa shape index (κ1) is 13.1. The number of aromatic nitrogens is 2. The Bertz CT molecular complexity index is 523. The minimum Gasteiger partial charge on any atom is -0.479 e. The van der Waals surface area contributed by atoms with Crippen LogP contribution < -0.4 is 0 Å². The fourth-order valence-corrected chi connectivity index (χ4v) is 2.21. The highest BCUT2D eigenvalue weighted by atomic mass is 16.6. The largest absolute Gasteiger partial charge is 0.479 e. The van der Waals surface area contributed by atoms with Crippen molar-refractivity contribution in [3.05, 3.63) is 30.1 Å². The Labute approximate surface area is 110 Å². The van der Waals surface area contributed by atoms with Crippen LogP contribution in [-0.4, -0.2) is 45.0 Å². The van der Waals surface area contributed by atoms with E-state index in [1.807, 2.05) is 0 Å². The average Bonchev–Trinajstić information content (AvgIpc) is 2.76. The van der Waals surface area contributed by atoms with Gasteiger partial charge in [-0.2, -0.15) is 5.10 Å².